The van der Waals surface area contributed by atoms with Crippen molar-refractivity contribution >= 4 is 10.8 Å². The monoisotopic (exact) mass is 450 g/mol. The van der Waals surface area contributed by atoms with E-state index in [-0.39, 0.29) is 5.75 Å². The summed E-state index contributed by atoms with van der Waals surface area (Å²) in [5.74, 6) is 1.85. The summed E-state index contributed by atoms with van der Waals surface area (Å²) in [7, 11) is 4.05. The number of ether oxygens (including phenoxy) is 1. The Bertz CT molecular complexity index is 1410. The van der Waals surface area contributed by atoms with Crippen LogP contribution in [0.2, 0.25) is 0 Å². The second kappa shape index (κ2) is 9.37. The molecule has 0 aliphatic rings. The number of aromatic nitrogens is 3. The summed E-state index contributed by atoms with van der Waals surface area (Å²) in [6.45, 7) is 1.50. The fourth-order valence-corrected chi connectivity index (χ4v) is 3.88. The lowest BCUT2D eigenvalue weighted by atomic mass is 10.0. The number of rotatable bonds is 7. The molecule has 0 atom stereocenters. The number of aromatic hydroxyl groups is 1. The summed E-state index contributed by atoms with van der Waals surface area (Å²) in [5, 5.41) is 12.0. The third-order valence-corrected chi connectivity index (χ3v) is 5.71. The lowest BCUT2D eigenvalue weighted by Gasteiger charge is -2.11. The van der Waals surface area contributed by atoms with Crippen molar-refractivity contribution in [1.82, 2.24) is 19.9 Å². The highest BCUT2D eigenvalue weighted by Crippen LogP contribution is 2.35. The van der Waals surface area contributed by atoms with Crippen LogP contribution in [0.25, 0.3) is 44.7 Å². The maximum Gasteiger partial charge on any atom is 0.138 e. The minimum absolute atomic E-state index is 0.245. The van der Waals surface area contributed by atoms with E-state index >= 15 is 0 Å². The van der Waals surface area contributed by atoms with Crippen LogP contribution in [0.5, 0.6) is 11.5 Å². The van der Waals surface area contributed by atoms with Gasteiger partial charge in [-0.05, 0) is 79.5 Å². The van der Waals surface area contributed by atoms with E-state index in [0.717, 1.165) is 57.0 Å². The van der Waals surface area contributed by atoms with Crippen LogP contribution in [-0.4, -0.2) is 52.2 Å². The molecule has 0 unspecified atom stereocenters. The number of phenolic OH excluding ortho intramolecular Hbond substituents is 1. The molecule has 0 spiro atoms. The molecular weight excluding hydrogens is 424 g/mol. The van der Waals surface area contributed by atoms with Gasteiger partial charge in [-0.25, -0.2) is 4.98 Å². The Labute approximate surface area is 198 Å². The van der Waals surface area contributed by atoms with E-state index in [1.165, 1.54) is 0 Å². The van der Waals surface area contributed by atoms with Crippen molar-refractivity contribution in [1.29, 1.82) is 0 Å². The summed E-state index contributed by atoms with van der Waals surface area (Å²) >= 11 is 0. The number of imidazole rings is 1. The third kappa shape index (κ3) is 4.63. The number of nitrogens with one attached hydrogen (secondary N) is 1. The van der Waals surface area contributed by atoms with Gasteiger partial charge in [0.25, 0.3) is 0 Å². The molecule has 0 aliphatic heterocycles. The highest BCUT2D eigenvalue weighted by atomic mass is 16.5. The van der Waals surface area contributed by atoms with Gasteiger partial charge in [-0.3, -0.25) is 4.98 Å². The molecule has 2 N–H and O–H groups in total. The number of phenols is 1. The van der Waals surface area contributed by atoms with Gasteiger partial charge < -0.3 is 19.7 Å². The maximum absolute atomic E-state index is 9.94. The van der Waals surface area contributed by atoms with E-state index in [1.807, 2.05) is 56.6 Å². The molecule has 0 saturated carbocycles. The number of H-pyrrole nitrogens is 1. The second-order valence-corrected chi connectivity index (χ2v) is 8.47. The SMILES string of the molecule is CN(C)CCOc1ccc(-c2nc(-c3ccc4ccc(O)cc4c3)c(-c3ccncc3)[nH]2)cc1. The number of nitrogens with zero attached hydrogens (tertiary/aromatic N) is 3. The average molecular weight is 451 g/mol. The smallest absolute Gasteiger partial charge is 0.138 e. The summed E-state index contributed by atoms with van der Waals surface area (Å²) < 4.78 is 5.83. The fourth-order valence-electron chi connectivity index (χ4n) is 3.88. The van der Waals surface area contributed by atoms with Crippen molar-refractivity contribution in [3.63, 3.8) is 0 Å². The zero-order valence-corrected chi connectivity index (χ0v) is 19.2. The quantitative estimate of drug-likeness (QED) is 0.337. The van der Waals surface area contributed by atoms with Gasteiger partial charge in [0.15, 0.2) is 0 Å². The first-order valence-electron chi connectivity index (χ1n) is 11.2. The Morgan fingerprint density at radius 1 is 0.824 bits per heavy atom. The molecule has 5 aromatic rings. The molecule has 0 amide bonds. The number of hydrogen-bond acceptors (Lipinski definition) is 5. The van der Waals surface area contributed by atoms with Gasteiger partial charge in [-0.2, -0.15) is 0 Å². The molecule has 2 aromatic heterocycles. The standard InChI is InChI=1S/C28H26N4O2/c1-32(2)15-16-34-25-9-6-21(7-10-25)28-30-26(20-11-13-29-14-12-20)27(31-28)22-4-3-19-5-8-24(33)18-23(19)17-22/h3-14,17-18,33H,15-16H2,1-2H3,(H,30,31). The zero-order valence-electron chi connectivity index (χ0n) is 19.2. The Hall–Kier alpha value is -4.16. The van der Waals surface area contributed by atoms with Crippen LogP contribution in [0.3, 0.4) is 0 Å². The second-order valence-electron chi connectivity index (χ2n) is 8.47. The van der Waals surface area contributed by atoms with E-state index in [4.69, 9.17) is 9.72 Å². The van der Waals surface area contributed by atoms with Crippen LogP contribution in [-0.2, 0) is 0 Å². The van der Waals surface area contributed by atoms with Gasteiger partial charge >= 0.3 is 0 Å². The predicted molar refractivity (Wildman–Crippen MR) is 136 cm³/mol. The summed E-state index contributed by atoms with van der Waals surface area (Å²) in [5.41, 5.74) is 4.71. The average Bonchev–Trinajstić information content (AvgIpc) is 3.30. The molecule has 0 bridgehead atoms. The molecule has 6 nitrogen and oxygen atoms in total. The maximum atomic E-state index is 9.94. The minimum atomic E-state index is 0.245. The number of benzene rings is 3. The van der Waals surface area contributed by atoms with Crippen LogP contribution < -0.4 is 4.74 Å². The first kappa shape index (κ1) is 21.7. The molecule has 2 heterocycles. The van der Waals surface area contributed by atoms with Gasteiger partial charge in [0.05, 0.1) is 11.4 Å². The fraction of sp³-hybridized carbons (Fsp3) is 0.143. The highest BCUT2D eigenvalue weighted by Gasteiger charge is 2.16. The molecule has 5 rings (SSSR count). The third-order valence-electron chi connectivity index (χ3n) is 5.71. The van der Waals surface area contributed by atoms with Crippen LogP contribution in [0.1, 0.15) is 0 Å². The number of fused-ring (bicyclic) bond motifs is 1. The summed E-state index contributed by atoms with van der Waals surface area (Å²) in [6, 6.07) is 23.5. The van der Waals surface area contributed by atoms with Crippen molar-refractivity contribution < 1.29 is 9.84 Å². The van der Waals surface area contributed by atoms with Crippen molar-refractivity contribution in [3.05, 3.63) is 85.2 Å². The van der Waals surface area contributed by atoms with Crippen LogP contribution in [0.15, 0.2) is 85.2 Å². The van der Waals surface area contributed by atoms with E-state index in [0.29, 0.717) is 6.61 Å². The Morgan fingerprint density at radius 2 is 1.56 bits per heavy atom. The minimum Gasteiger partial charge on any atom is -0.508 e. The zero-order chi connectivity index (χ0) is 23.5. The lowest BCUT2D eigenvalue weighted by molar-refractivity contribution is 0.261. The van der Waals surface area contributed by atoms with Crippen molar-refractivity contribution in [2.45, 2.75) is 0 Å². The molecule has 0 fully saturated rings. The van der Waals surface area contributed by atoms with E-state index in [9.17, 15) is 5.11 Å². The molecule has 34 heavy (non-hydrogen) atoms. The lowest BCUT2D eigenvalue weighted by Crippen LogP contribution is -2.19. The van der Waals surface area contributed by atoms with Crippen molar-refractivity contribution in [2.24, 2.45) is 0 Å². The van der Waals surface area contributed by atoms with Crippen LogP contribution in [0.4, 0.5) is 0 Å². The van der Waals surface area contributed by atoms with Gasteiger partial charge in [0.2, 0.25) is 0 Å². The number of hydrogen-bond donors (Lipinski definition) is 2. The summed E-state index contributed by atoms with van der Waals surface area (Å²) in [6.07, 6.45) is 3.55. The van der Waals surface area contributed by atoms with E-state index < -0.39 is 0 Å². The first-order valence-corrected chi connectivity index (χ1v) is 11.2. The number of likely N-dealkylation sites (N-methyl/N-ethyl adjacent to an activating group) is 1. The van der Waals surface area contributed by atoms with E-state index in [1.54, 1.807) is 24.5 Å². The number of pyridine rings is 1. The van der Waals surface area contributed by atoms with Gasteiger partial charge in [0.1, 0.15) is 23.9 Å². The van der Waals surface area contributed by atoms with Crippen LogP contribution >= 0.6 is 0 Å². The molecule has 3 aromatic carbocycles. The van der Waals surface area contributed by atoms with Crippen LogP contribution in [0, 0.1) is 0 Å². The molecular formula is C28H26N4O2. The molecule has 6 heteroatoms. The van der Waals surface area contributed by atoms with Crippen molar-refractivity contribution in [2.75, 3.05) is 27.2 Å². The molecule has 0 aliphatic carbocycles. The predicted octanol–water partition coefficient (Wildman–Crippen LogP) is 5.60. The Morgan fingerprint density at radius 3 is 2.32 bits per heavy atom. The molecule has 0 saturated heterocycles. The van der Waals surface area contributed by atoms with Gasteiger partial charge in [0, 0.05) is 35.6 Å². The van der Waals surface area contributed by atoms with Gasteiger partial charge in [-0.15, -0.1) is 0 Å². The molecule has 170 valence electrons. The first-order chi connectivity index (χ1) is 16.6. The topological polar surface area (TPSA) is 74.3 Å². The number of aromatic amines is 1. The Balaban J connectivity index is 1.53. The highest BCUT2D eigenvalue weighted by molar-refractivity contribution is 5.90. The largest absolute Gasteiger partial charge is 0.508 e. The summed E-state index contributed by atoms with van der Waals surface area (Å²) in [4.78, 5) is 14.7. The van der Waals surface area contributed by atoms with Crippen molar-refractivity contribution in [3.8, 4) is 45.4 Å². The van der Waals surface area contributed by atoms with E-state index in [2.05, 4.69) is 33.1 Å². The normalized spacial score (nSPS) is 11.3. The molecule has 0 radical (unpaired) electrons. The Kier molecular flexibility index (Phi) is 5.97. The van der Waals surface area contributed by atoms with Gasteiger partial charge in [-0.1, -0.05) is 18.2 Å².